The number of amides is 1. The van der Waals surface area contributed by atoms with Gasteiger partial charge in [-0.05, 0) is 29.8 Å². The first-order valence-electron chi connectivity index (χ1n) is 6.59. The average Bonchev–Trinajstić information content (AvgIpc) is 2.54. The maximum atomic E-state index is 12.1. The lowest BCUT2D eigenvalue weighted by atomic mass is 10.2. The Hall–Kier alpha value is -2.27. The molecule has 5 heteroatoms. The Labute approximate surface area is 137 Å². The summed E-state index contributed by atoms with van der Waals surface area (Å²) in [5, 5.41) is 2.78. The molecule has 0 heterocycles. The second-order valence-corrected chi connectivity index (χ2v) is 5.26. The Morgan fingerprint density at radius 1 is 1.14 bits per heavy atom. The van der Waals surface area contributed by atoms with Crippen molar-refractivity contribution >= 4 is 33.6 Å². The lowest BCUT2D eigenvalue weighted by Crippen LogP contribution is -2.09. The highest BCUT2D eigenvalue weighted by Gasteiger charge is 2.07. The quantitative estimate of drug-likeness (QED) is 0.814. The average molecular weight is 362 g/mol. The van der Waals surface area contributed by atoms with Crippen LogP contribution in [0.15, 0.2) is 53.0 Å². The molecule has 0 radical (unpaired) electrons. The van der Waals surface area contributed by atoms with Gasteiger partial charge in [0.1, 0.15) is 11.5 Å². The van der Waals surface area contributed by atoms with Gasteiger partial charge in [-0.15, -0.1) is 0 Å². The van der Waals surface area contributed by atoms with Crippen LogP contribution < -0.4 is 14.8 Å². The number of hydrogen-bond donors (Lipinski definition) is 1. The van der Waals surface area contributed by atoms with E-state index in [1.54, 1.807) is 38.5 Å². The summed E-state index contributed by atoms with van der Waals surface area (Å²) < 4.78 is 11.3. The molecule has 0 saturated carbocycles. The minimum Gasteiger partial charge on any atom is -0.497 e. The van der Waals surface area contributed by atoms with Crippen LogP contribution >= 0.6 is 15.9 Å². The Bertz CT molecular complexity index is 698. The summed E-state index contributed by atoms with van der Waals surface area (Å²) in [4.78, 5) is 12.1. The monoisotopic (exact) mass is 361 g/mol. The van der Waals surface area contributed by atoms with Gasteiger partial charge in [-0.25, -0.2) is 0 Å². The van der Waals surface area contributed by atoms with Gasteiger partial charge in [0.2, 0.25) is 5.91 Å². The summed E-state index contributed by atoms with van der Waals surface area (Å²) in [6, 6.07) is 12.9. The van der Waals surface area contributed by atoms with E-state index in [0.717, 1.165) is 10.0 Å². The maximum absolute atomic E-state index is 12.1. The number of carbonyl (C=O) groups excluding carboxylic acids is 1. The van der Waals surface area contributed by atoms with Crippen molar-refractivity contribution in [1.29, 1.82) is 0 Å². The highest BCUT2D eigenvalue weighted by Crippen LogP contribution is 2.28. The normalized spacial score (nSPS) is 10.5. The molecule has 0 spiro atoms. The zero-order valence-corrected chi connectivity index (χ0v) is 13.9. The van der Waals surface area contributed by atoms with E-state index in [0.29, 0.717) is 17.2 Å². The number of hydrogen-bond acceptors (Lipinski definition) is 3. The number of benzene rings is 2. The van der Waals surface area contributed by atoms with E-state index in [4.69, 9.17) is 9.47 Å². The molecule has 0 unspecified atom stereocenters. The number of rotatable bonds is 5. The van der Waals surface area contributed by atoms with Crippen LogP contribution in [0.3, 0.4) is 0 Å². The zero-order valence-electron chi connectivity index (χ0n) is 12.3. The molecule has 0 aliphatic rings. The summed E-state index contributed by atoms with van der Waals surface area (Å²) in [7, 11) is 3.12. The van der Waals surface area contributed by atoms with Crippen LogP contribution in [0.25, 0.3) is 6.08 Å². The smallest absolute Gasteiger partial charge is 0.248 e. The summed E-state index contributed by atoms with van der Waals surface area (Å²) in [6.45, 7) is 0. The molecule has 1 amide bonds. The third-order valence-corrected chi connectivity index (χ3v) is 3.71. The first-order chi connectivity index (χ1) is 10.6. The number of methoxy groups -OCH3 is 2. The Morgan fingerprint density at radius 3 is 2.59 bits per heavy atom. The lowest BCUT2D eigenvalue weighted by molar-refractivity contribution is -0.111. The largest absolute Gasteiger partial charge is 0.497 e. The van der Waals surface area contributed by atoms with Gasteiger partial charge in [0, 0.05) is 16.6 Å². The molecule has 4 nitrogen and oxygen atoms in total. The summed E-state index contributed by atoms with van der Waals surface area (Å²) in [5.74, 6) is 0.969. The number of ether oxygens (including phenoxy) is 2. The van der Waals surface area contributed by atoms with Crippen molar-refractivity contribution in [2.45, 2.75) is 0 Å². The van der Waals surface area contributed by atoms with Gasteiger partial charge in [0.05, 0.1) is 19.9 Å². The van der Waals surface area contributed by atoms with Gasteiger partial charge in [0.15, 0.2) is 0 Å². The molecule has 22 heavy (non-hydrogen) atoms. The maximum Gasteiger partial charge on any atom is 0.248 e. The van der Waals surface area contributed by atoms with Gasteiger partial charge in [-0.3, -0.25) is 4.79 Å². The molecule has 2 aromatic carbocycles. The molecule has 0 fully saturated rings. The van der Waals surface area contributed by atoms with Crippen molar-refractivity contribution in [3.63, 3.8) is 0 Å². The van der Waals surface area contributed by atoms with Crippen molar-refractivity contribution in [3.05, 3.63) is 58.6 Å². The van der Waals surface area contributed by atoms with Crippen LogP contribution in [0.4, 0.5) is 5.69 Å². The van der Waals surface area contributed by atoms with Crippen molar-refractivity contribution in [2.24, 2.45) is 0 Å². The summed E-state index contributed by atoms with van der Waals surface area (Å²) in [5.41, 5.74) is 1.49. The summed E-state index contributed by atoms with van der Waals surface area (Å²) in [6.07, 6.45) is 3.21. The SMILES string of the molecule is COc1ccc(OC)c(NC(=O)/C=C/c2ccccc2Br)c1. The van der Waals surface area contributed by atoms with Crippen LogP contribution in [0.1, 0.15) is 5.56 Å². The lowest BCUT2D eigenvalue weighted by Gasteiger charge is -2.10. The molecule has 2 rings (SSSR count). The predicted molar refractivity (Wildman–Crippen MR) is 91.4 cm³/mol. The number of anilines is 1. The van der Waals surface area contributed by atoms with Crippen LogP contribution in [-0.4, -0.2) is 20.1 Å². The molecule has 0 saturated heterocycles. The molecule has 0 aliphatic carbocycles. The van der Waals surface area contributed by atoms with Gasteiger partial charge < -0.3 is 14.8 Å². The van der Waals surface area contributed by atoms with E-state index in [1.165, 1.54) is 6.08 Å². The van der Waals surface area contributed by atoms with E-state index in [1.807, 2.05) is 24.3 Å². The fourth-order valence-corrected chi connectivity index (χ4v) is 2.28. The number of nitrogens with one attached hydrogen (secondary N) is 1. The van der Waals surface area contributed by atoms with Gasteiger partial charge in [-0.1, -0.05) is 34.1 Å². The fourth-order valence-electron chi connectivity index (χ4n) is 1.86. The van der Waals surface area contributed by atoms with Crippen molar-refractivity contribution in [2.75, 3.05) is 19.5 Å². The van der Waals surface area contributed by atoms with Gasteiger partial charge in [0.25, 0.3) is 0 Å². The van der Waals surface area contributed by atoms with Gasteiger partial charge in [-0.2, -0.15) is 0 Å². The molecule has 0 aliphatic heterocycles. The Kier molecular flexibility index (Phi) is 5.61. The first kappa shape index (κ1) is 16.1. The highest BCUT2D eigenvalue weighted by atomic mass is 79.9. The van der Waals surface area contributed by atoms with E-state index < -0.39 is 0 Å². The Morgan fingerprint density at radius 2 is 1.91 bits per heavy atom. The van der Waals surface area contributed by atoms with Crippen molar-refractivity contribution in [1.82, 2.24) is 0 Å². The number of carbonyl (C=O) groups is 1. The topological polar surface area (TPSA) is 47.6 Å². The molecule has 1 N–H and O–H groups in total. The summed E-state index contributed by atoms with van der Waals surface area (Å²) >= 11 is 3.44. The zero-order chi connectivity index (χ0) is 15.9. The second kappa shape index (κ2) is 7.66. The van der Waals surface area contributed by atoms with Gasteiger partial charge >= 0.3 is 0 Å². The first-order valence-corrected chi connectivity index (χ1v) is 7.39. The molecule has 0 bridgehead atoms. The van der Waals surface area contributed by atoms with Crippen molar-refractivity contribution < 1.29 is 14.3 Å². The molecular formula is C17H16BrNO3. The second-order valence-electron chi connectivity index (χ2n) is 4.41. The van der Waals surface area contributed by atoms with Crippen molar-refractivity contribution in [3.8, 4) is 11.5 Å². The van der Waals surface area contributed by atoms with Crippen LogP contribution in [0, 0.1) is 0 Å². The minimum absolute atomic E-state index is 0.248. The molecule has 0 aromatic heterocycles. The third kappa shape index (κ3) is 4.11. The van der Waals surface area contributed by atoms with E-state index in [9.17, 15) is 4.79 Å². The Balaban J connectivity index is 2.14. The fraction of sp³-hybridized carbons (Fsp3) is 0.118. The minimum atomic E-state index is -0.248. The van der Waals surface area contributed by atoms with E-state index in [-0.39, 0.29) is 5.91 Å². The molecule has 0 atom stereocenters. The predicted octanol–water partition coefficient (Wildman–Crippen LogP) is 4.12. The third-order valence-electron chi connectivity index (χ3n) is 2.98. The van der Waals surface area contributed by atoms with Crippen LogP contribution in [-0.2, 0) is 4.79 Å². The molecule has 114 valence electrons. The van der Waals surface area contributed by atoms with E-state index in [2.05, 4.69) is 21.2 Å². The standard InChI is InChI=1S/C17H16BrNO3/c1-21-13-8-9-16(22-2)15(11-13)19-17(20)10-7-12-5-3-4-6-14(12)18/h3-11H,1-2H3,(H,19,20)/b10-7+. The van der Waals surface area contributed by atoms with Crippen LogP contribution in [0.2, 0.25) is 0 Å². The molecular weight excluding hydrogens is 346 g/mol. The van der Waals surface area contributed by atoms with Crippen LogP contribution in [0.5, 0.6) is 11.5 Å². The molecule has 2 aromatic rings. The highest BCUT2D eigenvalue weighted by molar-refractivity contribution is 9.10. The number of halogens is 1. The van der Waals surface area contributed by atoms with E-state index >= 15 is 0 Å².